The zero-order valence-corrected chi connectivity index (χ0v) is 21.6. The van der Waals surface area contributed by atoms with Crippen molar-refractivity contribution in [2.45, 2.75) is 70.4 Å². The molecule has 0 saturated heterocycles. The van der Waals surface area contributed by atoms with E-state index in [0.29, 0.717) is 18.1 Å². The number of carbonyl (C=O) groups excluding carboxylic acids is 3. The molecule has 0 fully saturated rings. The van der Waals surface area contributed by atoms with Crippen LogP contribution < -0.4 is 10.2 Å². The van der Waals surface area contributed by atoms with Gasteiger partial charge in [-0.3, -0.25) is 4.90 Å². The summed E-state index contributed by atoms with van der Waals surface area (Å²) in [6, 6.07) is 3.56. The first-order chi connectivity index (χ1) is 15.4. The Bertz CT molecular complexity index is 902. The number of anilines is 1. The molecule has 1 unspecified atom stereocenters. The number of nitrogens with zero attached hydrogens (tertiary/aromatic N) is 2. The molecule has 2 rings (SSSR count). The van der Waals surface area contributed by atoms with Crippen LogP contribution in [-0.4, -0.2) is 63.2 Å². The first-order valence-corrected chi connectivity index (χ1v) is 14.7. The minimum absolute atomic E-state index is 0.0839. The highest BCUT2D eigenvalue weighted by Gasteiger charge is 2.40. The number of nitrogens with one attached hydrogen (secondary N) is 1. The average molecular weight is 478 g/mol. The molecule has 1 amide bonds. The van der Waals surface area contributed by atoms with Gasteiger partial charge in [0, 0.05) is 32.4 Å². The smallest absolute Gasteiger partial charge is 0.408 e. The summed E-state index contributed by atoms with van der Waals surface area (Å²) in [7, 11) is -0.0214. The highest BCUT2D eigenvalue weighted by Crippen LogP contribution is 2.43. The molecule has 182 valence electrons. The molecule has 1 aromatic rings. The third-order valence-corrected chi connectivity index (χ3v) is 6.74. The number of allylic oxidation sites excluding steroid dienone is 1. The maximum absolute atomic E-state index is 12.4. The van der Waals surface area contributed by atoms with Crippen molar-refractivity contribution < 1.29 is 28.6 Å². The Morgan fingerprint density at radius 3 is 2.58 bits per heavy atom. The molecule has 33 heavy (non-hydrogen) atoms. The summed E-state index contributed by atoms with van der Waals surface area (Å²) in [4.78, 5) is 42.9. The summed E-state index contributed by atoms with van der Waals surface area (Å²) in [5, 5.41) is 2.57. The lowest BCUT2D eigenvalue weighted by Gasteiger charge is -2.25. The van der Waals surface area contributed by atoms with Crippen molar-refractivity contribution in [3.05, 3.63) is 29.6 Å². The summed E-state index contributed by atoms with van der Waals surface area (Å²) in [5.41, 5.74) is 0.327. The van der Waals surface area contributed by atoms with Crippen molar-refractivity contribution >= 4 is 31.9 Å². The van der Waals surface area contributed by atoms with E-state index in [1.807, 2.05) is 12.0 Å². The van der Waals surface area contributed by atoms with Crippen LogP contribution in [0.1, 0.15) is 38.7 Å². The number of ether oxygens (including phenoxy) is 3. The maximum atomic E-state index is 12.4. The van der Waals surface area contributed by atoms with Crippen molar-refractivity contribution in [2.75, 3.05) is 25.3 Å². The lowest BCUT2D eigenvalue weighted by atomic mass is 9.92. The van der Waals surface area contributed by atoms with E-state index in [9.17, 15) is 14.4 Å². The molecule has 2 atom stereocenters. The van der Waals surface area contributed by atoms with E-state index in [0.717, 1.165) is 11.6 Å². The van der Waals surface area contributed by atoms with Gasteiger partial charge in [-0.25, -0.2) is 19.4 Å². The fourth-order valence-electron chi connectivity index (χ4n) is 3.43. The van der Waals surface area contributed by atoms with Gasteiger partial charge in [0.1, 0.15) is 35.8 Å². The van der Waals surface area contributed by atoms with Crippen molar-refractivity contribution in [1.29, 1.82) is 0 Å². The molecular weight excluding hydrogens is 442 g/mol. The number of hydrogen-bond donors (Lipinski definition) is 1. The highest BCUT2D eigenvalue weighted by atomic mass is 28.3. The predicted molar refractivity (Wildman–Crippen MR) is 127 cm³/mol. The van der Waals surface area contributed by atoms with E-state index < -0.39 is 37.7 Å². The lowest BCUT2D eigenvalue weighted by Crippen LogP contribution is -2.45. The van der Waals surface area contributed by atoms with Gasteiger partial charge in [0.2, 0.25) is 0 Å². The molecule has 2 heterocycles. The van der Waals surface area contributed by atoms with Gasteiger partial charge < -0.3 is 19.5 Å². The lowest BCUT2D eigenvalue weighted by molar-refractivity contribution is -0.143. The van der Waals surface area contributed by atoms with E-state index in [2.05, 4.69) is 29.9 Å². The Kier molecular flexibility index (Phi) is 8.82. The monoisotopic (exact) mass is 477 g/mol. The molecule has 10 heteroatoms. The van der Waals surface area contributed by atoms with E-state index in [1.165, 1.54) is 7.11 Å². The fraction of sp³-hybridized carbons (Fsp3) is 0.609. The van der Waals surface area contributed by atoms with Gasteiger partial charge in [0.05, 0.1) is 7.11 Å². The molecule has 1 aliphatic rings. The van der Waals surface area contributed by atoms with Crippen LogP contribution in [0.15, 0.2) is 24.0 Å². The third-order valence-electron chi connectivity index (χ3n) is 5.04. The Hall–Kier alpha value is -2.68. The van der Waals surface area contributed by atoms with Crippen LogP contribution in [0.3, 0.4) is 0 Å². The predicted octanol–water partition coefficient (Wildman–Crippen LogP) is 3.47. The minimum Gasteiger partial charge on any atom is -0.467 e. The van der Waals surface area contributed by atoms with Crippen LogP contribution in [0.2, 0.25) is 25.7 Å². The second-order valence-electron chi connectivity index (χ2n) is 10.2. The molecule has 0 spiro atoms. The average Bonchev–Trinajstić information content (AvgIpc) is 3.00. The standard InChI is InChI=1S/C23H35N3O6Si/c1-23(2,3)32-22(29)25-18(21(28)30-4)13-17-16-9-8-10-24-20(16)26(19(17)14-27)15-31-11-12-33(5,6)7/h8-10,17-18H,11-13,15H2,1-7H3,(H,25,29)/t17?,18-/m0/s1. The second-order valence-corrected chi connectivity index (χ2v) is 15.8. The van der Waals surface area contributed by atoms with Crippen LogP contribution in [0, 0.1) is 0 Å². The van der Waals surface area contributed by atoms with Crippen LogP contribution in [-0.2, 0) is 23.8 Å². The Morgan fingerprint density at radius 1 is 1.30 bits per heavy atom. The summed E-state index contributed by atoms with van der Waals surface area (Å²) < 4.78 is 16.0. The number of hydrogen-bond acceptors (Lipinski definition) is 8. The number of alkyl carbamates (subject to hydrolysis) is 1. The molecule has 0 radical (unpaired) electrons. The normalized spacial score (nSPS) is 16.6. The number of rotatable bonds is 9. The van der Waals surface area contributed by atoms with Gasteiger partial charge in [0.15, 0.2) is 0 Å². The van der Waals surface area contributed by atoms with E-state index in [1.54, 1.807) is 37.9 Å². The summed E-state index contributed by atoms with van der Waals surface area (Å²) in [6.07, 6.45) is 0.973. The molecule has 0 aliphatic carbocycles. The molecule has 1 N–H and O–H groups in total. The van der Waals surface area contributed by atoms with E-state index >= 15 is 0 Å². The van der Waals surface area contributed by atoms with Gasteiger partial charge in [-0.05, 0) is 39.3 Å². The Balaban J connectivity index is 2.23. The molecule has 0 bridgehead atoms. The molecule has 0 saturated carbocycles. The number of methoxy groups -OCH3 is 1. The van der Waals surface area contributed by atoms with Gasteiger partial charge in [-0.15, -0.1) is 0 Å². The van der Waals surface area contributed by atoms with Gasteiger partial charge in [0.25, 0.3) is 0 Å². The minimum atomic E-state index is -1.26. The van der Waals surface area contributed by atoms with Crippen LogP contribution in [0.5, 0.6) is 0 Å². The largest absolute Gasteiger partial charge is 0.467 e. The topological polar surface area (TPSA) is 107 Å². The van der Waals surface area contributed by atoms with Crippen molar-refractivity contribution in [3.8, 4) is 0 Å². The number of carbonyl (C=O) groups is 2. The molecule has 0 aromatic carbocycles. The first-order valence-electron chi connectivity index (χ1n) is 11.0. The van der Waals surface area contributed by atoms with E-state index in [4.69, 9.17) is 14.2 Å². The van der Waals surface area contributed by atoms with Crippen LogP contribution in [0.25, 0.3) is 0 Å². The SMILES string of the molecule is COC(=O)[C@H](CC1C(=C=O)N(COCC[Si](C)(C)C)c2ncccc21)NC(=O)OC(C)(C)C. The number of amides is 1. The first kappa shape index (κ1) is 26.6. The quantitative estimate of drug-likeness (QED) is 0.249. The Labute approximate surface area is 196 Å². The maximum Gasteiger partial charge on any atom is 0.408 e. The summed E-state index contributed by atoms with van der Waals surface area (Å²) in [6.45, 7) is 12.7. The number of aromatic nitrogens is 1. The third kappa shape index (κ3) is 7.70. The van der Waals surface area contributed by atoms with Crippen molar-refractivity contribution in [3.63, 3.8) is 0 Å². The zero-order valence-electron chi connectivity index (χ0n) is 20.6. The second kappa shape index (κ2) is 11.0. The van der Waals surface area contributed by atoms with Gasteiger partial charge in [-0.2, -0.15) is 0 Å². The van der Waals surface area contributed by atoms with E-state index in [-0.39, 0.29) is 13.2 Å². The number of pyridine rings is 1. The molecular formula is C23H35N3O6Si. The molecule has 1 aliphatic heterocycles. The van der Waals surface area contributed by atoms with Crippen LogP contribution >= 0.6 is 0 Å². The molecule has 9 nitrogen and oxygen atoms in total. The summed E-state index contributed by atoms with van der Waals surface area (Å²) >= 11 is 0. The number of fused-ring (bicyclic) bond motifs is 1. The number of esters is 1. The highest BCUT2D eigenvalue weighted by molar-refractivity contribution is 6.76. The van der Waals surface area contributed by atoms with Crippen molar-refractivity contribution in [2.24, 2.45) is 0 Å². The van der Waals surface area contributed by atoms with Crippen molar-refractivity contribution in [1.82, 2.24) is 10.3 Å². The Morgan fingerprint density at radius 2 is 2.00 bits per heavy atom. The van der Waals surface area contributed by atoms with Crippen LogP contribution in [0.4, 0.5) is 10.6 Å². The summed E-state index contributed by atoms with van der Waals surface area (Å²) in [5.74, 6) is 1.43. The fourth-order valence-corrected chi connectivity index (χ4v) is 4.18. The van der Waals surface area contributed by atoms with Gasteiger partial charge >= 0.3 is 12.1 Å². The van der Waals surface area contributed by atoms with Gasteiger partial charge in [-0.1, -0.05) is 25.7 Å². The zero-order chi connectivity index (χ0) is 24.8. The molecule has 1 aromatic heterocycles.